The molecule has 0 radical (unpaired) electrons. The Kier molecular flexibility index (Phi) is 20.9. The fourth-order valence-corrected chi connectivity index (χ4v) is 14.6. The molecule has 0 heterocycles. The summed E-state index contributed by atoms with van der Waals surface area (Å²) in [5, 5.41) is 0. The largest absolute Gasteiger partial charge is 0.400 e. The van der Waals surface area contributed by atoms with Gasteiger partial charge < -0.3 is 17.7 Å². The number of hydrogen-bond donors (Lipinski definition) is 0. The van der Waals surface area contributed by atoms with E-state index in [9.17, 15) is 0 Å². The van der Waals surface area contributed by atoms with Crippen LogP contribution in [0.1, 0.15) is 39.5 Å². The highest BCUT2D eigenvalue weighted by Crippen LogP contribution is 2.49. The van der Waals surface area contributed by atoms with Gasteiger partial charge in [0.15, 0.2) is 0 Å². The van der Waals surface area contributed by atoms with E-state index >= 15 is 0 Å². The maximum atomic E-state index is 5.43. The fourth-order valence-electron chi connectivity index (χ4n) is 2.44. The molecule has 0 N–H and O–H groups in total. The van der Waals surface area contributed by atoms with Gasteiger partial charge in [-0.1, -0.05) is 35.4 Å². The van der Waals surface area contributed by atoms with Crippen LogP contribution in [0.15, 0.2) is 0 Å². The molecule has 0 rings (SSSR count). The zero-order valence-electron chi connectivity index (χ0n) is 16.2. The summed E-state index contributed by atoms with van der Waals surface area (Å²) in [6.07, 6.45) is 4.86. The molecule has 0 aromatic rings. The average Bonchev–Trinajstić information content (AvgIpc) is 2.61. The Hall–Kier alpha value is 2.02. The Labute approximate surface area is 177 Å². The first-order chi connectivity index (χ1) is 12.1. The topological polar surface area (TPSA) is 36.9 Å². The minimum Gasteiger partial charge on any atom is -0.400 e. The van der Waals surface area contributed by atoms with Crippen LogP contribution in [0.3, 0.4) is 0 Å². The summed E-state index contributed by atoms with van der Waals surface area (Å²) < 4.78 is 21.7. The smallest absolute Gasteiger partial charge is 0.323 e. The van der Waals surface area contributed by atoms with Crippen LogP contribution in [0.4, 0.5) is 0 Å². The fraction of sp³-hybridized carbons (Fsp3) is 1.00. The summed E-state index contributed by atoms with van der Waals surface area (Å²) in [5.74, 6) is 2.39. The van der Waals surface area contributed by atoms with E-state index in [0.717, 1.165) is 0 Å². The van der Waals surface area contributed by atoms with Crippen LogP contribution in [0.5, 0.6) is 0 Å². The minimum atomic E-state index is -1.43. The zero-order valence-corrected chi connectivity index (χ0v) is 22.6. The average molecular weight is 483 g/mol. The van der Waals surface area contributed by atoms with Gasteiger partial charge in [0.05, 0.1) is 0 Å². The maximum absolute atomic E-state index is 5.43. The molecule has 25 heavy (non-hydrogen) atoms. The molecule has 0 aromatic heterocycles. The summed E-state index contributed by atoms with van der Waals surface area (Å²) in [4.78, 5) is 0. The van der Waals surface area contributed by atoms with Gasteiger partial charge in [0, 0.05) is 39.9 Å². The van der Waals surface area contributed by atoms with Gasteiger partial charge in [-0.15, -0.1) is 0 Å². The summed E-state index contributed by atoms with van der Waals surface area (Å²) in [5.41, 5.74) is 1.17. The molecular weight excluding hydrogens is 449 g/mol. The highest BCUT2D eigenvalue weighted by atomic mass is 33.8. The molecule has 0 aromatic carbocycles. The molecule has 0 saturated heterocycles. The van der Waals surface area contributed by atoms with Crippen LogP contribution in [0.2, 0.25) is 11.1 Å². The summed E-state index contributed by atoms with van der Waals surface area (Å²) in [6, 6.07) is 0. The van der Waals surface area contributed by atoms with E-state index in [2.05, 4.69) is 13.8 Å². The van der Waals surface area contributed by atoms with Gasteiger partial charge >= 0.3 is 18.6 Å². The van der Waals surface area contributed by atoms with E-state index < -0.39 is 18.6 Å². The Balaban J connectivity index is 3.37. The van der Waals surface area contributed by atoms with Gasteiger partial charge in [0.25, 0.3) is 0 Å². The van der Waals surface area contributed by atoms with Crippen molar-refractivity contribution in [2.45, 2.75) is 50.6 Å². The van der Waals surface area contributed by atoms with Gasteiger partial charge in [-0.3, -0.25) is 0 Å². The van der Waals surface area contributed by atoms with Gasteiger partial charge in [-0.05, 0) is 66.2 Å². The number of rotatable bonds is 18. The third kappa shape index (κ3) is 14.6. The lowest BCUT2D eigenvalue weighted by Crippen LogP contribution is -2.24. The van der Waals surface area contributed by atoms with Crippen molar-refractivity contribution in [2.24, 2.45) is 0 Å². The van der Waals surface area contributed by atoms with Crippen LogP contribution < -0.4 is 0 Å². The lowest BCUT2D eigenvalue weighted by atomic mass is 10.3. The van der Waals surface area contributed by atoms with Crippen molar-refractivity contribution >= 4 is 69.6 Å². The first-order valence-electron chi connectivity index (χ1n) is 8.46. The van der Waals surface area contributed by atoms with Crippen LogP contribution in [-0.2, 0) is 17.7 Å². The molecule has 0 bridgehead atoms. The molecule has 0 saturated carbocycles. The molecule has 2 atom stereocenters. The monoisotopic (exact) mass is 482 g/mol. The van der Waals surface area contributed by atoms with E-state index in [1.54, 1.807) is 28.4 Å². The van der Waals surface area contributed by atoms with Crippen LogP contribution in [-0.4, -0.2) is 58.5 Å². The van der Waals surface area contributed by atoms with Crippen molar-refractivity contribution in [2.75, 3.05) is 39.9 Å². The Bertz CT molecular complexity index is 264. The van der Waals surface area contributed by atoms with E-state index in [0.29, 0.717) is 11.1 Å². The summed E-state index contributed by atoms with van der Waals surface area (Å²) in [7, 11) is 13.8. The first kappa shape index (κ1) is 27.0. The lowest BCUT2D eigenvalue weighted by Gasteiger charge is -2.18. The first-order valence-corrected chi connectivity index (χ1v) is 18.2. The second kappa shape index (κ2) is 19.3. The quantitative estimate of drug-likeness (QED) is 0.139. The molecular formula is C14H34O4S5Si2. The molecule has 0 aliphatic heterocycles. The summed E-state index contributed by atoms with van der Waals surface area (Å²) in [6.45, 7) is 4.49. The Morgan fingerprint density at radius 2 is 1.00 bits per heavy atom. The standard InChI is InChI=1S/C14H34O4S5Si2/c1-13(24(15-3)16-4)9-7-11-19-21-23-22-20-12-8-10-14(2)25(17-5)18-6/h13-14,24-25H,7-12H2,1-6H3. The third-order valence-electron chi connectivity index (χ3n) is 3.78. The Morgan fingerprint density at radius 3 is 1.32 bits per heavy atom. The number of hydrogen-bond acceptors (Lipinski definition) is 9. The second-order valence-electron chi connectivity index (χ2n) is 5.77. The van der Waals surface area contributed by atoms with Gasteiger partial charge in [0.1, 0.15) is 0 Å². The summed E-state index contributed by atoms with van der Waals surface area (Å²) >= 11 is 0. The van der Waals surface area contributed by atoms with E-state index in [-0.39, 0.29) is 0 Å². The van der Waals surface area contributed by atoms with E-state index in [1.165, 1.54) is 37.2 Å². The molecule has 152 valence electrons. The molecule has 4 nitrogen and oxygen atoms in total. The van der Waals surface area contributed by atoms with Gasteiger partial charge in [-0.25, -0.2) is 0 Å². The van der Waals surface area contributed by atoms with E-state index in [4.69, 9.17) is 17.7 Å². The van der Waals surface area contributed by atoms with Crippen molar-refractivity contribution in [3.63, 3.8) is 0 Å². The Morgan fingerprint density at radius 1 is 0.640 bits per heavy atom. The second-order valence-corrected chi connectivity index (χ2v) is 19.4. The molecule has 0 amide bonds. The maximum Gasteiger partial charge on any atom is 0.323 e. The molecule has 2 unspecified atom stereocenters. The van der Waals surface area contributed by atoms with Crippen molar-refractivity contribution in [3.8, 4) is 0 Å². The molecule has 11 heteroatoms. The van der Waals surface area contributed by atoms with Gasteiger partial charge in [0.2, 0.25) is 0 Å². The predicted octanol–water partition coefficient (Wildman–Crippen LogP) is 5.68. The molecule has 0 aliphatic rings. The normalized spacial score (nSPS) is 14.4. The molecule has 0 fully saturated rings. The van der Waals surface area contributed by atoms with Crippen LogP contribution in [0.25, 0.3) is 0 Å². The highest BCUT2D eigenvalue weighted by Gasteiger charge is 2.19. The highest BCUT2D eigenvalue weighted by molar-refractivity contribution is 9.35. The van der Waals surface area contributed by atoms with E-state index in [1.807, 2.05) is 51.1 Å². The van der Waals surface area contributed by atoms with Crippen molar-refractivity contribution < 1.29 is 17.7 Å². The van der Waals surface area contributed by atoms with Crippen LogP contribution in [0, 0.1) is 0 Å². The molecule has 0 spiro atoms. The van der Waals surface area contributed by atoms with Crippen molar-refractivity contribution in [3.05, 3.63) is 0 Å². The predicted molar refractivity (Wildman–Crippen MR) is 127 cm³/mol. The van der Waals surface area contributed by atoms with Crippen molar-refractivity contribution in [1.29, 1.82) is 0 Å². The zero-order chi connectivity index (χ0) is 18.9. The lowest BCUT2D eigenvalue weighted by molar-refractivity contribution is 0.264. The van der Waals surface area contributed by atoms with Crippen molar-refractivity contribution in [1.82, 2.24) is 0 Å². The molecule has 0 aliphatic carbocycles. The van der Waals surface area contributed by atoms with Crippen LogP contribution >= 0.6 is 51.1 Å². The third-order valence-corrected chi connectivity index (χ3v) is 17.0. The minimum absolute atomic E-state index is 0.583. The SMILES string of the molecule is CO[SiH](OC)C(C)CCCSSSSSCCCC(C)[SiH](OC)OC. The van der Waals surface area contributed by atoms with Gasteiger partial charge in [-0.2, -0.15) is 0 Å².